The highest BCUT2D eigenvalue weighted by molar-refractivity contribution is 7.12. The van der Waals surface area contributed by atoms with Crippen molar-refractivity contribution in [3.05, 3.63) is 88.2 Å². The summed E-state index contributed by atoms with van der Waals surface area (Å²) in [5, 5.41) is 6.88. The van der Waals surface area contributed by atoms with Gasteiger partial charge in [-0.05, 0) is 60.9 Å². The predicted octanol–water partition coefficient (Wildman–Crippen LogP) is 6.35. The molecule has 2 heterocycles. The van der Waals surface area contributed by atoms with Crippen LogP contribution in [0.25, 0.3) is 5.69 Å². The van der Waals surface area contributed by atoms with Crippen LogP contribution >= 0.6 is 11.3 Å². The van der Waals surface area contributed by atoms with Crippen molar-refractivity contribution in [3.63, 3.8) is 0 Å². The first-order valence-electron chi connectivity index (χ1n) is 12.0. The number of benzene rings is 2. The van der Waals surface area contributed by atoms with Crippen molar-refractivity contribution < 1.29 is 14.3 Å². The van der Waals surface area contributed by atoms with E-state index >= 15 is 0 Å². The predicted molar refractivity (Wildman–Crippen MR) is 138 cm³/mol. The highest BCUT2D eigenvalue weighted by Crippen LogP contribution is 2.36. The van der Waals surface area contributed by atoms with E-state index in [1.54, 1.807) is 7.11 Å². The monoisotopic (exact) mass is 487 g/mol. The lowest BCUT2D eigenvalue weighted by Crippen LogP contribution is -2.32. The Bertz CT molecular complexity index is 1280. The Kier molecular flexibility index (Phi) is 6.86. The van der Waals surface area contributed by atoms with Crippen molar-refractivity contribution in [2.75, 3.05) is 13.7 Å². The minimum Gasteiger partial charge on any atom is -0.497 e. The van der Waals surface area contributed by atoms with Gasteiger partial charge in [-0.2, -0.15) is 5.10 Å². The van der Waals surface area contributed by atoms with Gasteiger partial charge in [0.15, 0.2) is 0 Å². The largest absolute Gasteiger partial charge is 0.497 e. The Morgan fingerprint density at radius 1 is 1.09 bits per heavy atom. The van der Waals surface area contributed by atoms with Gasteiger partial charge in [-0.1, -0.05) is 37.3 Å². The molecular formula is C28H29N3O3S. The van der Waals surface area contributed by atoms with Crippen LogP contribution in [0.4, 0.5) is 0 Å². The molecule has 6 nitrogen and oxygen atoms in total. The molecule has 2 aromatic carbocycles. The van der Waals surface area contributed by atoms with Gasteiger partial charge in [0.05, 0.1) is 35.5 Å². The molecule has 0 atom stereocenters. The molecule has 4 aromatic rings. The van der Waals surface area contributed by atoms with E-state index < -0.39 is 0 Å². The van der Waals surface area contributed by atoms with Crippen LogP contribution in [0.1, 0.15) is 40.7 Å². The summed E-state index contributed by atoms with van der Waals surface area (Å²) in [5.41, 5.74) is 2.76. The number of carbonyl (C=O) groups is 1. The molecule has 0 bridgehead atoms. The van der Waals surface area contributed by atoms with Crippen LogP contribution in [0.2, 0.25) is 0 Å². The Labute approximate surface area is 209 Å². The van der Waals surface area contributed by atoms with Crippen molar-refractivity contribution in [3.8, 4) is 23.1 Å². The number of amides is 1. The topological polar surface area (TPSA) is 56.6 Å². The van der Waals surface area contributed by atoms with Gasteiger partial charge < -0.3 is 14.4 Å². The third kappa shape index (κ3) is 5.25. The first-order valence-corrected chi connectivity index (χ1v) is 12.8. The minimum absolute atomic E-state index is 0.0637. The maximum Gasteiger partial charge on any atom is 0.264 e. The molecule has 0 unspecified atom stereocenters. The van der Waals surface area contributed by atoms with Crippen molar-refractivity contribution in [1.82, 2.24) is 14.7 Å². The highest BCUT2D eigenvalue weighted by Gasteiger charge is 2.30. The van der Waals surface area contributed by atoms with Gasteiger partial charge in [0.2, 0.25) is 5.88 Å². The number of aromatic nitrogens is 2. The van der Waals surface area contributed by atoms with Gasteiger partial charge in [-0.25, -0.2) is 4.68 Å². The van der Waals surface area contributed by atoms with E-state index in [1.807, 2.05) is 81.7 Å². The molecule has 0 radical (unpaired) electrons. The maximum absolute atomic E-state index is 13.5. The molecule has 2 aromatic heterocycles. The van der Waals surface area contributed by atoms with Crippen LogP contribution in [0.3, 0.4) is 0 Å². The first-order chi connectivity index (χ1) is 17.2. The SMILES string of the molecule is CCc1nn(-c2ccccc2)c(Oc2cccc(OC)c2)c1CN(CC1CC1)C(=O)c1cccs1. The van der Waals surface area contributed by atoms with Gasteiger partial charge in [-0.3, -0.25) is 4.79 Å². The molecule has 7 heteroatoms. The molecule has 0 spiro atoms. The zero-order chi connectivity index (χ0) is 24.2. The van der Waals surface area contributed by atoms with Gasteiger partial charge in [0.25, 0.3) is 5.91 Å². The third-order valence-corrected chi connectivity index (χ3v) is 7.01. The number of rotatable bonds is 10. The van der Waals surface area contributed by atoms with E-state index in [2.05, 4.69) is 6.92 Å². The Morgan fingerprint density at radius 3 is 2.57 bits per heavy atom. The maximum atomic E-state index is 13.5. The number of hydrogen-bond donors (Lipinski definition) is 0. The van der Waals surface area contributed by atoms with Gasteiger partial charge in [-0.15, -0.1) is 11.3 Å². The van der Waals surface area contributed by atoms with Gasteiger partial charge in [0.1, 0.15) is 11.5 Å². The fourth-order valence-corrected chi connectivity index (χ4v) is 4.82. The Balaban J connectivity index is 1.57. The molecular weight excluding hydrogens is 458 g/mol. The average Bonchev–Trinajstić information content (AvgIpc) is 3.41. The van der Waals surface area contributed by atoms with Crippen molar-refractivity contribution in [1.29, 1.82) is 0 Å². The quantitative estimate of drug-likeness (QED) is 0.262. The third-order valence-electron chi connectivity index (χ3n) is 6.15. The fourth-order valence-electron chi connectivity index (χ4n) is 4.12. The van der Waals surface area contributed by atoms with Gasteiger partial charge >= 0.3 is 0 Å². The number of nitrogens with zero attached hydrogens (tertiary/aromatic N) is 3. The molecule has 0 saturated heterocycles. The lowest BCUT2D eigenvalue weighted by atomic mass is 10.1. The smallest absolute Gasteiger partial charge is 0.264 e. The number of methoxy groups -OCH3 is 1. The van der Waals surface area contributed by atoms with E-state index in [9.17, 15) is 4.79 Å². The number of hydrogen-bond acceptors (Lipinski definition) is 5. The average molecular weight is 488 g/mol. The molecule has 0 aliphatic heterocycles. The molecule has 1 aliphatic carbocycles. The summed E-state index contributed by atoms with van der Waals surface area (Å²) in [5.74, 6) is 2.63. The summed E-state index contributed by atoms with van der Waals surface area (Å²) >= 11 is 1.48. The fraction of sp³-hybridized carbons (Fsp3) is 0.286. The Hall–Kier alpha value is -3.58. The number of aryl methyl sites for hydroxylation is 1. The van der Waals surface area contributed by atoms with Crippen LogP contribution in [0.15, 0.2) is 72.1 Å². The Morgan fingerprint density at radius 2 is 1.89 bits per heavy atom. The summed E-state index contributed by atoms with van der Waals surface area (Å²) in [6.07, 6.45) is 3.07. The standard InChI is InChI=1S/C28H29N3O3S/c1-3-25-24(19-30(18-20-14-15-20)27(32)26-13-8-16-35-26)28(31(29-25)21-9-5-4-6-10-21)34-23-12-7-11-22(17-23)33-2/h4-13,16-17,20H,3,14-15,18-19H2,1-2H3. The second kappa shape index (κ2) is 10.4. The lowest BCUT2D eigenvalue weighted by molar-refractivity contribution is 0.0738. The summed E-state index contributed by atoms with van der Waals surface area (Å²) in [6.45, 7) is 3.28. The number of thiophene rings is 1. The molecule has 1 fully saturated rings. The van der Waals surface area contributed by atoms with Crippen LogP contribution in [0.5, 0.6) is 17.4 Å². The highest BCUT2D eigenvalue weighted by atomic mass is 32.1. The molecule has 1 aliphatic rings. The molecule has 1 saturated carbocycles. The second-order valence-electron chi connectivity index (χ2n) is 8.72. The van der Waals surface area contributed by atoms with Crippen molar-refractivity contribution in [2.24, 2.45) is 5.92 Å². The summed E-state index contributed by atoms with van der Waals surface area (Å²) in [7, 11) is 1.64. The van der Waals surface area contributed by atoms with E-state index in [1.165, 1.54) is 24.2 Å². The van der Waals surface area contributed by atoms with Crippen LogP contribution in [0, 0.1) is 5.92 Å². The molecule has 5 rings (SSSR count). The van der Waals surface area contributed by atoms with E-state index in [4.69, 9.17) is 14.6 Å². The van der Waals surface area contributed by atoms with Crippen molar-refractivity contribution >= 4 is 17.2 Å². The van der Waals surface area contributed by atoms with Crippen molar-refractivity contribution in [2.45, 2.75) is 32.7 Å². The second-order valence-corrected chi connectivity index (χ2v) is 9.67. The number of carbonyl (C=O) groups excluding carboxylic acids is 1. The summed E-state index contributed by atoms with van der Waals surface area (Å²) in [6, 6.07) is 21.3. The summed E-state index contributed by atoms with van der Waals surface area (Å²) in [4.78, 5) is 16.2. The summed E-state index contributed by atoms with van der Waals surface area (Å²) < 4.78 is 13.7. The van der Waals surface area contributed by atoms with Gasteiger partial charge in [0, 0.05) is 12.6 Å². The number of para-hydroxylation sites is 1. The molecule has 35 heavy (non-hydrogen) atoms. The lowest BCUT2D eigenvalue weighted by Gasteiger charge is -2.23. The van der Waals surface area contributed by atoms with Crippen LogP contribution < -0.4 is 9.47 Å². The molecule has 1 amide bonds. The zero-order valence-corrected chi connectivity index (χ0v) is 20.8. The zero-order valence-electron chi connectivity index (χ0n) is 20.0. The molecule has 180 valence electrons. The van der Waals surface area contributed by atoms with E-state index in [-0.39, 0.29) is 5.91 Å². The van der Waals surface area contributed by atoms with Crippen LogP contribution in [-0.2, 0) is 13.0 Å². The van der Waals surface area contributed by atoms with E-state index in [0.29, 0.717) is 29.8 Å². The molecule has 0 N–H and O–H groups in total. The van der Waals surface area contributed by atoms with E-state index in [0.717, 1.165) is 34.8 Å². The minimum atomic E-state index is 0.0637. The van der Waals surface area contributed by atoms with Crippen LogP contribution in [-0.4, -0.2) is 34.2 Å². The first kappa shape index (κ1) is 23.2. The normalized spacial score (nSPS) is 13.0. The number of ether oxygens (including phenoxy) is 2.